The largest absolute Gasteiger partial charge is 0.383 e. The van der Waals surface area contributed by atoms with E-state index in [-0.39, 0.29) is 5.84 Å². The zero-order valence-corrected chi connectivity index (χ0v) is 9.54. The summed E-state index contributed by atoms with van der Waals surface area (Å²) in [6, 6.07) is 0. The van der Waals surface area contributed by atoms with Crippen LogP contribution in [0, 0.1) is 17.2 Å². The number of nitrogens with two attached hydrogens (primary N) is 1. The van der Waals surface area contributed by atoms with E-state index in [1.807, 2.05) is 27.7 Å². The molecule has 0 amide bonds. The predicted molar refractivity (Wildman–Crippen MR) is 57.3 cm³/mol. The maximum Gasteiger partial charge on any atom is 0.216 e. The van der Waals surface area contributed by atoms with Crippen molar-refractivity contribution in [1.82, 2.24) is 0 Å². The van der Waals surface area contributed by atoms with E-state index in [1.54, 1.807) is 0 Å². The molecular formula is C10H22N2O2. The van der Waals surface area contributed by atoms with Gasteiger partial charge in [-0.1, -0.05) is 27.7 Å². The minimum atomic E-state index is -0.681. The molecule has 4 nitrogen and oxygen atoms in total. The quantitative estimate of drug-likeness (QED) is 0.374. The van der Waals surface area contributed by atoms with E-state index < -0.39 is 6.29 Å². The Bertz CT molecular complexity index is 158. The highest BCUT2D eigenvalue weighted by Crippen LogP contribution is 2.02. The van der Waals surface area contributed by atoms with E-state index >= 15 is 0 Å². The van der Waals surface area contributed by atoms with Crippen LogP contribution in [0.3, 0.4) is 0 Å². The summed E-state index contributed by atoms with van der Waals surface area (Å²) in [5, 5.41) is 7.27. The van der Waals surface area contributed by atoms with E-state index in [9.17, 15) is 0 Å². The maximum absolute atomic E-state index is 7.27. The number of ether oxygens (including phenoxy) is 2. The summed E-state index contributed by atoms with van der Waals surface area (Å²) in [5.74, 6) is 0.769. The summed E-state index contributed by atoms with van der Waals surface area (Å²) in [5.41, 5.74) is 5.34. The average molecular weight is 202 g/mol. The van der Waals surface area contributed by atoms with Crippen LogP contribution in [0.1, 0.15) is 27.7 Å². The molecule has 0 aromatic carbocycles. The Hall–Kier alpha value is -0.610. The fourth-order valence-electron chi connectivity index (χ4n) is 0.787. The molecule has 0 heterocycles. The molecule has 0 atom stereocenters. The van der Waals surface area contributed by atoms with Crippen LogP contribution in [0.15, 0.2) is 0 Å². The van der Waals surface area contributed by atoms with Gasteiger partial charge in [0, 0.05) is 0 Å². The summed E-state index contributed by atoms with van der Waals surface area (Å²) in [7, 11) is 0. The van der Waals surface area contributed by atoms with Crippen LogP contribution >= 0.6 is 0 Å². The molecule has 0 radical (unpaired) electrons. The van der Waals surface area contributed by atoms with E-state index in [4.69, 9.17) is 20.6 Å². The number of hydrogen-bond acceptors (Lipinski definition) is 3. The topological polar surface area (TPSA) is 68.3 Å². The zero-order chi connectivity index (χ0) is 11.1. The van der Waals surface area contributed by atoms with Crippen molar-refractivity contribution >= 4 is 5.84 Å². The highest BCUT2D eigenvalue weighted by atomic mass is 16.7. The Morgan fingerprint density at radius 2 is 1.43 bits per heavy atom. The molecule has 4 heteroatoms. The first kappa shape index (κ1) is 13.4. The normalized spacial score (nSPS) is 11.6. The second kappa shape index (κ2) is 6.79. The molecule has 0 rings (SSSR count). The first-order valence-corrected chi connectivity index (χ1v) is 5.00. The first-order chi connectivity index (χ1) is 6.43. The van der Waals surface area contributed by atoms with Crippen LogP contribution in [-0.2, 0) is 9.47 Å². The fraction of sp³-hybridized carbons (Fsp3) is 0.900. The Morgan fingerprint density at radius 3 is 1.64 bits per heavy atom. The van der Waals surface area contributed by atoms with Crippen molar-refractivity contribution < 1.29 is 9.47 Å². The van der Waals surface area contributed by atoms with Crippen molar-refractivity contribution in [3.8, 4) is 0 Å². The van der Waals surface area contributed by atoms with Gasteiger partial charge in [-0.2, -0.15) is 0 Å². The lowest BCUT2D eigenvalue weighted by Crippen LogP contribution is -2.35. The summed E-state index contributed by atoms with van der Waals surface area (Å²) < 4.78 is 10.7. The highest BCUT2D eigenvalue weighted by molar-refractivity contribution is 5.80. The molecule has 0 aliphatic rings. The second-order valence-corrected chi connectivity index (χ2v) is 4.24. The standard InChI is InChI=1S/C10H22N2O2/c1-7(2)5-13-10(9(11)12)14-6-8(3)4/h7-8,10H,5-6H2,1-4H3,(H3,11,12). The average Bonchev–Trinajstić information content (AvgIpc) is 2.02. The summed E-state index contributed by atoms with van der Waals surface area (Å²) in [6.07, 6.45) is -0.681. The summed E-state index contributed by atoms with van der Waals surface area (Å²) in [6.45, 7) is 9.28. The van der Waals surface area contributed by atoms with Crippen molar-refractivity contribution in [2.24, 2.45) is 17.6 Å². The van der Waals surface area contributed by atoms with Gasteiger partial charge in [0.15, 0.2) is 0 Å². The SMILES string of the molecule is CC(C)COC(OCC(C)C)C(=N)N. The molecule has 3 N–H and O–H groups in total. The van der Waals surface area contributed by atoms with Crippen molar-refractivity contribution in [3.63, 3.8) is 0 Å². The van der Waals surface area contributed by atoms with E-state index in [0.717, 1.165) is 0 Å². The van der Waals surface area contributed by atoms with Gasteiger partial charge in [-0.15, -0.1) is 0 Å². The molecule has 0 aliphatic carbocycles. The third-order valence-corrected chi connectivity index (χ3v) is 1.42. The second-order valence-electron chi connectivity index (χ2n) is 4.24. The van der Waals surface area contributed by atoms with Gasteiger partial charge < -0.3 is 15.2 Å². The highest BCUT2D eigenvalue weighted by Gasteiger charge is 2.14. The minimum Gasteiger partial charge on any atom is -0.383 e. The van der Waals surface area contributed by atoms with Crippen molar-refractivity contribution in [2.45, 2.75) is 34.0 Å². The molecule has 0 spiro atoms. The lowest BCUT2D eigenvalue weighted by Gasteiger charge is -2.19. The van der Waals surface area contributed by atoms with Gasteiger partial charge in [0.2, 0.25) is 6.29 Å². The van der Waals surface area contributed by atoms with Gasteiger partial charge in [0.05, 0.1) is 13.2 Å². The molecule has 84 valence electrons. The third kappa shape index (κ3) is 6.86. The van der Waals surface area contributed by atoms with Gasteiger partial charge in [0.1, 0.15) is 5.84 Å². The number of hydrogen-bond donors (Lipinski definition) is 2. The van der Waals surface area contributed by atoms with Crippen molar-refractivity contribution in [3.05, 3.63) is 0 Å². The van der Waals surface area contributed by atoms with Crippen LogP contribution in [0.2, 0.25) is 0 Å². The zero-order valence-electron chi connectivity index (χ0n) is 9.54. The van der Waals surface area contributed by atoms with Crippen LogP contribution in [0.4, 0.5) is 0 Å². The monoisotopic (exact) mass is 202 g/mol. The predicted octanol–water partition coefficient (Wildman–Crippen LogP) is 1.59. The fourth-order valence-corrected chi connectivity index (χ4v) is 0.787. The molecule has 0 fully saturated rings. The smallest absolute Gasteiger partial charge is 0.216 e. The first-order valence-electron chi connectivity index (χ1n) is 5.00. The van der Waals surface area contributed by atoms with Crippen LogP contribution < -0.4 is 5.73 Å². The van der Waals surface area contributed by atoms with Gasteiger partial charge >= 0.3 is 0 Å². The van der Waals surface area contributed by atoms with Crippen molar-refractivity contribution in [1.29, 1.82) is 5.41 Å². The number of nitrogens with one attached hydrogen (secondary N) is 1. The van der Waals surface area contributed by atoms with Crippen molar-refractivity contribution in [2.75, 3.05) is 13.2 Å². The number of amidine groups is 1. The summed E-state index contributed by atoms with van der Waals surface area (Å²) >= 11 is 0. The third-order valence-electron chi connectivity index (χ3n) is 1.42. The minimum absolute atomic E-state index is 0.0636. The molecule has 0 bridgehead atoms. The maximum atomic E-state index is 7.27. The van der Waals surface area contributed by atoms with Gasteiger partial charge in [0.25, 0.3) is 0 Å². The molecule has 0 saturated heterocycles. The Kier molecular flexibility index (Phi) is 6.49. The molecule has 14 heavy (non-hydrogen) atoms. The van der Waals surface area contributed by atoms with Gasteiger partial charge in [-0.05, 0) is 11.8 Å². The van der Waals surface area contributed by atoms with Crippen LogP contribution in [0.5, 0.6) is 0 Å². The number of rotatable bonds is 7. The van der Waals surface area contributed by atoms with Gasteiger partial charge in [-0.3, -0.25) is 5.41 Å². The van der Waals surface area contributed by atoms with Crippen LogP contribution in [-0.4, -0.2) is 25.3 Å². The molecule has 0 aliphatic heterocycles. The molecule has 0 unspecified atom stereocenters. The summed E-state index contributed by atoms with van der Waals surface area (Å²) in [4.78, 5) is 0. The van der Waals surface area contributed by atoms with Gasteiger partial charge in [-0.25, -0.2) is 0 Å². The van der Waals surface area contributed by atoms with Crippen LogP contribution in [0.25, 0.3) is 0 Å². The van der Waals surface area contributed by atoms with E-state index in [1.165, 1.54) is 0 Å². The molecule has 0 saturated carbocycles. The lowest BCUT2D eigenvalue weighted by molar-refractivity contribution is -0.112. The molecule has 0 aromatic rings. The molecule has 0 aromatic heterocycles. The van der Waals surface area contributed by atoms with E-state index in [0.29, 0.717) is 25.0 Å². The lowest BCUT2D eigenvalue weighted by atomic mass is 10.2. The Balaban J connectivity index is 3.84. The Morgan fingerprint density at radius 1 is 1.07 bits per heavy atom. The Labute approximate surface area is 86.3 Å². The molecular weight excluding hydrogens is 180 g/mol. The van der Waals surface area contributed by atoms with E-state index in [2.05, 4.69) is 0 Å².